The molecule has 0 atom stereocenters. The van der Waals surface area contributed by atoms with Gasteiger partial charge in [0.05, 0.1) is 10.4 Å². The van der Waals surface area contributed by atoms with Crippen molar-refractivity contribution in [1.29, 1.82) is 0 Å². The van der Waals surface area contributed by atoms with Gasteiger partial charge in [0.2, 0.25) is 0 Å². The van der Waals surface area contributed by atoms with Gasteiger partial charge in [0.15, 0.2) is 10.8 Å². The summed E-state index contributed by atoms with van der Waals surface area (Å²) in [5.74, 6) is 0. The smallest absolute Gasteiger partial charge is 0.188 e. The van der Waals surface area contributed by atoms with Crippen LogP contribution in [0.2, 0.25) is 0 Å². The van der Waals surface area contributed by atoms with Crippen LogP contribution in [0, 0.1) is 6.92 Å². The summed E-state index contributed by atoms with van der Waals surface area (Å²) in [6.45, 7) is 4.39. The third-order valence-corrected chi connectivity index (χ3v) is 4.87. The molecule has 0 bridgehead atoms. The van der Waals surface area contributed by atoms with Gasteiger partial charge >= 0.3 is 0 Å². The van der Waals surface area contributed by atoms with Crippen LogP contribution in [0.15, 0.2) is 0 Å². The van der Waals surface area contributed by atoms with Gasteiger partial charge in [-0.25, -0.2) is 9.67 Å². The minimum atomic E-state index is 1.04. The van der Waals surface area contributed by atoms with E-state index in [4.69, 9.17) is 4.98 Å². The lowest BCUT2D eigenvalue weighted by Gasteiger charge is -2.23. The summed E-state index contributed by atoms with van der Waals surface area (Å²) in [5, 5.41) is 5.60. The van der Waals surface area contributed by atoms with Crippen LogP contribution in [0.3, 0.4) is 0 Å². The lowest BCUT2D eigenvalue weighted by molar-refractivity contribution is 0.556. The molecule has 0 aliphatic carbocycles. The molecule has 2 aromatic rings. The average Bonchev–Trinajstić information content (AvgIpc) is 2.82. The molecule has 1 aliphatic rings. The van der Waals surface area contributed by atoms with Crippen molar-refractivity contribution in [3.8, 4) is 0 Å². The summed E-state index contributed by atoms with van der Waals surface area (Å²) >= 11 is 1.80. The maximum Gasteiger partial charge on any atom is 0.188 e. The first kappa shape index (κ1) is 12.0. The molecule has 0 amide bonds. The van der Waals surface area contributed by atoms with E-state index < -0.39 is 0 Å². The largest absolute Gasteiger partial charge is 0.348 e. The van der Waals surface area contributed by atoms with Crippen molar-refractivity contribution in [2.45, 2.75) is 39.0 Å². The Morgan fingerprint density at radius 1 is 1.06 bits per heavy atom. The molecule has 1 aliphatic heterocycles. The number of rotatable bonds is 1. The first-order chi connectivity index (χ1) is 8.75. The van der Waals surface area contributed by atoms with Gasteiger partial charge in [0.25, 0.3) is 0 Å². The van der Waals surface area contributed by atoms with Gasteiger partial charge in [-0.2, -0.15) is 5.10 Å². The molecule has 3 rings (SSSR count). The summed E-state index contributed by atoms with van der Waals surface area (Å²) in [6, 6.07) is 0. The highest BCUT2D eigenvalue weighted by atomic mass is 32.1. The van der Waals surface area contributed by atoms with Crippen molar-refractivity contribution in [2.24, 2.45) is 7.05 Å². The van der Waals surface area contributed by atoms with Crippen molar-refractivity contribution in [3.05, 3.63) is 5.69 Å². The van der Waals surface area contributed by atoms with Gasteiger partial charge < -0.3 is 4.90 Å². The Hall–Kier alpha value is -1.10. The number of anilines is 1. The summed E-state index contributed by atoms with van der Waals surface area (Å²) in [5.41, 5.74) is 2.14. The van der Waals surface area contributed by atoms with Gasteiger partial charge in [-0.1, -0.05) is 30.6 Å². The van der Waals surface area contributed by atoms with Crippen LogP contribution in [0.5, 0.6) is 0 Å². The Morgan fingerprint density at radius 3 is 2.39 bits per heavy atom. The van der Waals surface area contributed by atoms with Crippen molar-refractivity contribution < 1.29 is 0 Å². The fraction of sp³-hybridized carbons (Fsp3) is 0.692. The van der Waals surface area contributed by atoms with E-state index in [0.29, 0.717) is 0 Å². The van der Waals surface area contributed by atoms with Crippen LogP contribution < -0.4 is 4.90 Å². The van der Waals surface area contributed by atoms with Crippen LogP contribution >= 0.6 is 11.3 Å². The number of aryl methyl sites for hydroxylation is 2. The summed E-state index contributed by atoms with van der Waals surface area (Å²) < 4.78 is 3.14. The maximum absolute atomic E-state index is 4.77. The number of hydrogen-bond acceptors (Lipinski definition) is 4. The number of nitrogens with zero attached hydrogens (tertiary/aromatic N) is 4. The molecule has 1 saturated heterocycles. The van der Waals surface area contributed by atoms with Crippen LogP contribution in [0.1, 0.15) is 37.8 Å². The summed E-state index contributed by atoms with van der Waals surface area (Å²) in [7, 11) is 1.98. The standard InChI is InChI=1S/C13H20N4S/c1-10-11-12(16(2)15-10)14-13(18-11)17-8-6-4-3-5-7-9-17/h3-9H2,1-2H3. The molecule has 3 heterocycles. The van der Waals surface area contributed by atoms with E-state index >= 15 is 0 Å². The average molecular weight is 264 g/mol. The van der Waals surface area contributed by atoms with Crippen molar-refractivity contribution in [3.63, 3.8) is 0 Å². The number of thiazole rings is 1. The first-order valence-electron chi connectivity index (χ1n) is 6.81. The van der Waals surface area contributed by atoms with E-state index in [1.165, 1.54) is 41.9 Å². The Morgan fingerprint density at radius 2 is 1.72 bits per heavy atom. The SMILES string of the molecule is Cc1nn(C)c2nc(N3CCCCCCC3)sc12. The number of fused-ring (bicyclic) bond motifs is 1. The second-order valence-electron chi connectivity index (χ2n) is 5.11. The van der Waals surface area contributed by atoms with Crippen LogP contribution in [0.25, 0.3) is 10.3 Å². The third-order valence-electron chi connectivity index (χ3n) is 3.66. The molecular formula is C13H20N4S. The molecule has 0 N–H and O–H groups in total. The van der Waals surface area contributed by atoms with E-state index in [1.807, 2.05) is 11.7 Å². The Labute approximate surface area is 112 Å². The Balaban J connectivity index is 1.90. The fourth-order valence-corrected chi connectivity index (χ4v) is 3.73. The summed E-state index contributed by atoms with van der Waals surface area (Å²) in [4.78, 5) is 7.24. The minimum absolute atomic E-state index is 1.04. The quantitative estimate of drug-likeness (QED) is 0.793. The number of hydrogen-bond donors (Lipinski definition) is 0. The number of aromatic nitrogens is 3. The van der Waals surface area contributed by atoms with E-state index in [1.54, 1.807) is 11.3 Å². The molecule has 4 nitrogen and oxygen atoms in total. The van der Waals surface area contributed by atoms with Crippen molar-refractivity contribution >= 4 is 26.8 Å². The van der Waals surface area contributed by atoms with Crippen molar-refractivity contribution in [1.82, 2.24) is 14.8 Å². The highest BCUT2D eigenvalue weighted by molar-refractivity contribution is 7.22. The van der Waals surface area contributed by atoms with Gasteiger partial charge in [-0.15, -0.1) is 0 Å². The molecule has 0 radical (unpaired) electrons. The van der Waals surface area contributed by atoms with Gasteiger partial charge in [0, 0.05) is 20.1 Å². The van der Waals surface area contributed by atoms with Gasteiger partial charge in [-0.3, -0.25) is 0 Å². The molecule has 0 spiro atoms. The van der Waals surface area contributed by atoms with E-state index in [0.717, 1.165) is 24.4 Å². The first-order valence-corrected chi connectivity index (χ1v) is 7.62. The second kappa shape index (κ2) is 4.88. The molecular weight excluding hydrogens is 244 g/mol. The fourth-order valence-electron chi connectivity index (χ4n) is 2.65. The lowest BCUT2D eigenvalue weighted by Crippen LogP contribution is -2.26. The molecule has 18 heavy (non-hydrogen) atoms. The third kappa shape index (κ3) is 2.11. The molecule has 0 aromatic carbocycles. The zero-order chi connectivity index (χ0) is 12.5. The zero-order valence-electron chi connectivity index (χ0n) is 11.1. The normalized spacial score (nSPS) is 18.0. The molecule has 1 fully saturated rings. The Bertz CT molecular complexity index is 500. The highest BCUT2D eigenvalue weighted by Gasteiger charge is 2.17. The van der Waals surface area contributed by atoms with E-state index in [2.05, 4.69) is 16.9 Å². The Kier molecular flexibility index (Phi) is 3.24. The minimum Gasteiger partial charge on any atom is -0.348 e. The molecule has 98 valence electrons. The van der Waals surface area contributed by atoms with Crippen molar-refractivity contribution in [2.75, 3.05) is 18.0 Å². The van der Waals surface area contributed by atoms with Crippen LogP contribution in [-0.4, -0.2) is 27.9 Å². The summed E-state index contributed by atoms with van der Waals surface area (Å²) in [6.07, 6.45) is 6.72. The molecule has 0 saturated carbocycles. The maximum atomic E-state index is 4.77. The second-order valence-corrected chi connectivity index (χ2v) is 6.09. The van der Waals surface area contributed by atoms with Gasteiger partial charge in [0.1, 0.15) is 0 Å². The molecule has 0 unspecified atom stereocenters. The topological polar surface area (TPSA) is 34.0 Å². The van der Waals surface area contributed by atoms with Crippen LogP contribution in [-0.2, 0) is 7.05 Å². The highest BCUT2D eigenvalue weighted by Crippen LogP contribution is 2.31. The predicted octanol–water partition coefficient (Wildman–Crippen LogP) is 3.11. The van der Waals surface area contributed by atoms with E-state index in [9.17, 15) is 0 Å². The van der Waals surface area contributed by atoms with E-state index in [-0.39, 0.29) is 0 Å². The monoisotopic (exact) mass is 264 g/mol. The molecule has 2 aromatic heterocycles. The van der Waals surface area contributed by atoms with Crippen LogP contribution in [0.4, 0.5) is 5.13 Å². The predicted molar refractivity (Wildman–Crippen MR) is 76.4 cm³/mol. The lowest BCUT2D eigenvalue weighted by atomic mass is 10.1. The zero-order valence-corrected chi connectivity index (χ0v) is 12.0. The van der Waals surface area contributed by atoms with Gasteiger partial charge in [-0.05, 0) is 19.8 Å². The molecule has 5 heteroatoms.